The summed E-state index contributed by atoms with van der Waals surface area (Å²) in [6.07, 6.45) is 3.83. The summed E-state index contributed by atoms with van der Waals surface area (Å²) >= 11 is 0. The number of benzene rings is 1. The number of carbonyl (C=O) groups is 3. The quantitative estimate of drug-likeness (QED) is 0.605. The van der Waals surface area contributed by atoms with Gasteiger partial charge in [-0.2, -0.15) is 0 Å². The van der Waals surface area contributed by atoms with Gasteiger partial charge < -0.3 is 11.6 Å². The summed E-state index contributed by atoms with van der Waals surface area (Å²) in [7, 11) is 0. The Morgan fingerprint density at radius 1 is 1.35 bits per heavy atom. The normalized spacial score (nSPS) is 16.9. The molecule has 23 heavy (non-hydrogen) atoms. The summed E-state index contributed by atoms with van der Waals surface area (Å²) in [4.78, 5) is 36.7. The topological polar surface area (TPSA) is 71.4 Å². The van der Waals surface area contributed by atoms with Gasteiger partial charge in [0.15, 0.2) is 5.78 Å². The largest absolute Gasteiger partial charge is 1.00 e. The maximum atomic E-state index is 12.4. The minimum Gasteiger partial charge on any atom is -1.00 e. The number of ketones is 1. The Bertz CT molecular complexity index is 762. The van der Waals surface area contributed by atoms with E-state index in [4.69, 9.17) is 0 Å². The van der Waals surface area contributed by atoms with Crippen molar-refractivity contribution in [3.05, 3.63) is 30.5 Å². The van der Waals surface area contributed by atoms with Crippen molar-refractivity contribution in [2.75, 3.05) is 11.9 Å². The van der Waals surface area contributed by atoms with Crippen molar-refractivity contribution in [1.29, 1.82) is 0 Å². The van der Waals surface area contributed by atoms with Crippen molar-refractivity contribution in [3.8, 4) is 0 Å². The minimum absolute atomic E-state index is 0. The number of fused-ring (bicyclic) bond motifs is 1. The van der Waals surface area contributed by atoms with Gasteiger partial charge >= 0.3 is 35.6 Å². The van der Waals surface area contributed by atoms with E-state index in [-0.39, 0.29) is 48.8 Å². The fourth-order valence-electron chi connectivity index (χ4n) is 3.01. The second-order valence-corrected chi connectivity index (χ2v) is 5.46. The number of para-hydroxylation sites is 1. The van der Waals surface area contributed by atoms with Gasteiger partial charge in [-0.25, -0.2) is 4.79 Å². The van der Waals surface area contributed by atoms with Crippen LogP contribution >= 0.6 is 0 Å². The first kappa shape index (κ1) is 17.7. The number of urea groups is 1. The van der Waals surface area contributed by atoms with E-state index in [0.29, 0.717) is 25.1 Å². The van der Waals surface area contributed by atoms with Gasteiger partial charge in [-0.1, -0.05) is 18.2 Å². The predicted molar refractivity (Wildman–Crippen MR) is 84.6 cm³/mol. The molecule has 6 nitrogen and oxygen atoms in total. The molecule has 0 spiro atoms. The molecule has 1 atom stereocenters. The van der Waals surface area contributed by atoms with Crippen molar-refractivity contribution < 1.29 is 45.4 Å². The summed E-state index contributed by atoms with van der Waals surface area (Å²) < 4.78 is 1.43. The molecular weight excluding hydrogens is 305 g/mol. The third-order valence-electron chi connectivity index (χ3n) is 4.08. The molecule has 0 saturated carbocycles. The molecule has 1 aromatic heterocycles. The molecule has 3 rings (SSSR count). The Morgan fingerprint density at radius 2 is 2.09 bits per heavy atom. The predicted octanol–water partition coefficient (Wildman–Crippen LogP) is -0.619. The first-order chi connectivity index (χ1) is 10.6. The van der Waals surface area contributed by atoms with Crippen molar-refractivity contribution in [2.24, 2.45) is 0 Å². The van der Waals surface area contributed by atoms with Crippen LogP contribution in [0.25, 0.3) is 10.9 Å². The molecule has 1 fully saturated rings. The summed E-state index contributed by atoms with van der Waals surface area (Å²) in [5, 5.41) is 3.61. The van der Waals surface area contributed by atoms with Gasteiger partial charge in [0.1, 0.15) is 0 Å². The fourth-order valence-corrected chi connectivity index (χ4v) is 3.01. The molecule has 7 heteroatoms. The Balaban J connectivity index is 0.00000144. The Kier molecular flexibility index (Phi) is 5.62. The van der Waals surface area contributed by atoms with Crippen LogP contribution in [-0.2, 0) is 9.59 Å². The van der Waals surface area contributed by atoms with Gasteiger partial charge in [-0.15, -0.1) is 0 Å². The Labute approximate surface area is 157 Å². The van der Waals surface area contributed by atoms with E-state index in [1.54, 1.807) is 11.1 Å². The molecule has 116 valence electrons. The molecule has 0 radical (unpaired) electrons. The van der Waals surface area contributed by atoms with Crippen LogP contribution in [0.5, 0.6) is 0 Å². The zero-order valence-electron chi connectivity index (χ0n) is 14.3. The number of Topliss-reactive ketones (excluding diaryl/α,β-unsaturated/α-hetero) is 1. The number of aromatic nitrogens is 1. The SMILES string of the molecule is CC(=O)[C@@H]1CCCN1C(=O)Nc1cn(C=O)c2ccccc12.[H-].[Na+]. The van der Waals surface area contributed by atoms with E-state index in [2.05, 4.69) is 5.32 Å². The van der Waals surface area contributed by atoms with Crippen LogP contribution in [0.3, 0.4) is 0 Å². The summed E-state index contributed by atoms with van der Waals surface area (Å²) in [5.41, 5.74) is 1.30. The van der Waals surface area contributed by atoms with Gasteiger partial charge in [0, 0.05) is 18.1 Å². The summed E-state index contributed by atoms with van der Waals surface area (Å²) in [6, 6.07) is 6.69. The second-order valence-electron chi connectivity index (χ2n) is 5.46. The molecule has 1 saturated heterocycles. The first-order valence-corrected chi connectivity index (χ1v) is 7.24. The van der Waals surface area contributed by atoms with Crippen LogP contribution in [0.15, 0.2) is 30.5 Å². The Morgan fingerprint density at radius 3 is 2.78 bits per heavy atom. The number of carbonyl (C=O) groups excluding carboxylic acids is 3. The minimum atomic E-state index is -0.348. The third-order valence-corrected chi connectivity index (χ3v) is 4.08. The second kappa shape index (κ2) is 7.29. The number of nitrogens with one attached hydrogen (secondary N) is 1. The average Bonchev–Trinajstić information content (AvgIpc) is 3.12. The number of likely N-dealkylation sites (tertiary alicyclic amines) is 1. The van der Waals surface area contributed by atoms with Crippen molar-refractivity contribution >= 4 is 34.8 Å². The van der Waals surface area contributed by atoms with Gasteiger partial charge in [0.2, 0.25) is 6.41 Å². The number of hydrogen-bond acceptors (Lipinski definition) is 3. The van der Waals surface area contributed by atoms with E-state index in [9.17, 15) is 14.4 Å². The van der Waals surface area contributed by atoms with Crippen molar-refractivity contribution in [3.63, 3.8) is 0 Å². The molecule has 1 aromatic carbocycles. The van der Waals surface area contributed by atoms with E-state index in [1.165, 1.54) is 11.5 Å². The molecule has 0 unspecified atom stereocenters. The molecule has 1 aliphatic heterocycles. The molecular formula is C16H18N3NaO3. The van der Waals surface area contributed by atoms with Gasteiger partial charge in [0.25, 0.3) is 0 Å². The first-order valence-electron chi connectivity index (χ1n) is 7.24. The molecule has 0 aliphatic carbocycles. The van der Waals surface area contributed by atoms with Gasteiger partial charge in [-0.3, -0.25) is 14.2 Å². The molecule has 2 amide bonds. The van der Waals surface area contributed by atoms with Gasteiger partial charge in [0.05, 0.1) is 17.2 Å². The van der Waals surface area contributed by atoms with Crippen LogP contribution in [0, 0.1) is 0 Å². The third kappa shape index (κ3) is 3.34. The monoisotopic (exact) mass is 323 g/mol. The average molecular weight is 323 g/mol. The zero-order chi connectivity index (χ0) is 15.7. The van der Waals surface area contributed by atoms with Crippen molar-refractivity contribution in [2.45, 2.75) is 25.8 Å². The van der Waals surface area contributed by atoms with Gasteiger partial charge in [-0.05, 0) is 25.8 Å². The molecule has 0 bridgehead atoms. The maximum Gasteiger partial charge on any atom is 1.00 e. The maximum absolute atomic E-state index is 12.4. The Hall–Kier alpha value is -1.63. The van der Waals surface area contributed by atoms with E-state index in [1.807, 2.05) is 24.3 Å². The number of amides is 2. The van der Waals surface area contributed by atoms with E-state index >= 15 is 0 Å². The van der Waals surface area contributed by atoms with E-state index < -0.39 is 0 Å². The molecule has 1 aliphatic rings. The molecule has 2 aromatic rings. The smallest absolute Gasteiger partial charge is 1.00 e. The number of hydrogen-bond donors (Lipinski definition) is 1. The standard InChI is InChI=1S/C16H17N3O3.Na.H/c1-11(21)14-7-4-8-19(14)16(22)17-13-9-18(10-20)15-6-3-2-5-12(13)15;;/h2-3,5-6,9-10,14H,4,7-8H2,1H3,(H,17,22);;/q;+1;-1/t14-;;/m0../s1. The number of nitrogens with zero attached hydrogens (tertiary/aromatic N) is 2. The summed E-state index contributed by atoms with van der Waals surface area (Å²) in [5.74, 6) is 0.00275. The van der Waals surface area contributed by atoms with Crippen LogP contribution in [-0.4, -0.2) is 40.3 Å². The van der Waals surface area contributed by atoms with Crippen LogP contribution in [0.2, 0.25) is 0 Å². The molecule has 1 N–H and O–H groups in total. The van der Waals surface area contributed by atoms with Crippen molar-refractivity contribution in [1.82, 2.24) is 9.47 Å². The van der Waals surface area contributed by atoms with Crippen LogP contribution in [0.4, 0.5) is 10.5 Å². The fraction of sp³-hybridized carbons (Fsp3) is 0.312. The number of anilines is 1. The van der Waals surface area contributed by atoms with Crippen LogP contribution in [0.1, 0.15) is 21.2 Å². The molecule has 2 heterocycles. The van der Waals surface area contributed by atoms with Crippen LogP contribution < -0.4 is 34.9 Å². The zero-order valence-corrected chi connectivity index (χ0v) is 15.3. The summed E-state index contributed by atoms with van der Waals surface area (Å²) in [6.45, 7) is 2.08. The number of rotatable bonds is 3. The van der Waals surface area contributed by atoms with E-state index in [0.717, 1.165) is 17.3 Å².